The second-order valence-electron chi connectivity index (χ2n) is 7.09. The molecule has 0 aliphatic rings. The molecule has 0 saturated heterocycles. The Morgan fingerprint density at radius 3 is 2.42 bits per heavy atom. The predicted molar refractivity (Wildman–Crippen MR) is 122 cm³/mol. The molecule has 4 aromatic rings. The molecule has 10 heteroatoms. The van der Waals surface area contributed by atoms with Crippen molar-refractivity contribution in [2.24, 2.45) is 0 Å². The summed E-state index contributed by atoms with van der Waals surface area (Å²) in [6.45, 7) is 0.105. The highest BCUT2D eigenvalue weighted by Crippen LogP contribution is 2.33. The number of rotatable bonds is 9. The van der Waals surface area contributed by atoms with Gasteiger partial charge in [0.1, 0.15) is 12.3 Å². The molecule has 0 atom stereocenters. The van der Waals surface area contributed by atoms with Gasteiger partial charge in [-0.3, -0.25) is 4.98 Å². The number of H-pyrrole nitrogens is 1. The second kappa shape index (κ2) is 9.37. The van der Waals surface area contributed by atoms with E-state index in [-0.39, 0.29) is 17.5 Å². The molecule has 172 valence electrons. The van der Waals surface area contributed by atoms with Crippen LogP contribution in [0.25, 0.3) is 11.0 Å². The fourth-order valence-electron chi connectivity index (χ4n) is 3.39. The zero-order valence-corrected chi connectivity index (χ0v) is 19.2. The van der Waals surface area contributed by atoms with Gasteiger partial charge in [0.05, 0.1) is 38.1 Å². The average Bonchev–Trinajstić information content (AvgIpc) is 3.28. The highest BCUT2D eigenvalue weighted by molar-refractivity contribution is 7.90. The number of pyridine rings is 1. The molecule has 1 N–H and O–H groups in total. The zero-order chi connectivity index (χ0) is 23.4. The molecule has 0 aliphatic heterocycles. The lowest BCUT2D eigenvalue weighted by Crippen LogP contribution is -2.08. The maximum absolute atomic E-state index is 12.9. The van der Waals surface area contributed by atoms with Crippen molar-refractivity contribution in [3.8, 4) is 23.0 Å². The molecule has 0 bridgehead atoms. The third-order valence-electron chi connectivity index (χ3n) is 4.98. The quantitative estimate of drug-likeness (QED) is 0.396. The van der Waals surface area contributed by atoms with Gasteiger partial charge in [0.25, 0.3) is 0 Å². The second-order valence-corrected chi connectivity index (χ2v) is 8.99. The summed E-state index contributed by atoms with van der Waals surface area (Å²) in [5.41, 5.74) is 2.35. The van der Waals surface area contributed by atoms with Crippen LogP contribution < -0.4 is 18.9 Å². The Bertz CT molecular complexity index is 1350. The lowest BCUT2D eigenvalue weighted by molar-refractivity contribution is 0.269. The van der Waals surface area contributed by atoms with Crippen LogP contribution in [0.5, 0.6) is 23.0 Å². The maximum atomic E-state index is 12.9. The monoisotopic (exact) mass is 469 g/mol. The Morgan fingerprint density at radius 2 is 1.70 bits per heavy atom. The number of imidazole rings is 1. The molecular weight excluding hydrogens is 446 g/mol. The summed E-state index contributed by atoms with van der Waals surface area (Å²) in [6, 6.07) is 13.8. The van der Waals surface area contributed by atoms with E-state index in [9.17, 15) is 8.42 Å². The van der Waals surface area contributed by atoms with Gasteiger partial charge in [-0.2, -0.15) is 0 Å². The van der Waals surface area contributed by atoms with Gasteiger partial charge >= 0.3 is 0 Å². The van der Waals surface area contributed by atoms with Gasteiger partial charge in [-0.05, 0) is 29.8 Å². The summed E-state index contributed by atoms with van der Waals surface area (Å²) in [5.74, 6) is 1.62. The number of aromatic amines is 1. The fraction of sp³-hybridized carbons (Fsp3) is 0.217. The summed E-state index contributed by atoms with van der Waals surface area (Å²) < 4.78 is 47.8. The van der Waals surface area contributed by atoms with Gasteiger partial charge in [-0.15, -0.1) is 0 Å². The van der Waals surface area contributed by atoms with Crippen molar-refractivity contribution in [2.75, 3.05) is 21.3 Å². The first kappa shape index (κ1) is 22.4. The summed E-state index contributed by atoms with van der Waals surface area (Å²) in [4.78, 5) is 11.4. The van der Waals surface area contributed by atoms with Crippen molar-refractivity contribution in [1.82, 2.24) is 15.0 Å². The third kappa shape index (κ3) is 4.70. The van der Waals surface area contributed by atoms with Crippen molar-refractivity contribution in [2.45, 2.75) is 17.5 Å². The van der Waals surface area contributed by atoms with Gasteiger partial charge in [0, 0.05) is 12.3 Å². The van der Waals surface area contributed by atoms with E-state index >= 15 is 0 Å². The van der Waals surface area contributed by atoms with E-state index in [1.807, 2.05) is 6.07 Å². The van der Waals surface area contributed by atoms with E-state index in [1.165, 1.54) is 14.2 Å². The van der Waals surface area contributed by atoms with Crippen LogP contribution in [0, 0.1) is 0 Å². The van der Waals surface area contributed by atoms with Crippen LogP contribution in [0.4, 0.5) is 0 Å². The number of aromatic nitrogens is 3. The first-order valence-electron chi connectivity index (χ1n) is 9.98. The summed E-state index contributed by atoms with van der Waals surface area (Å²) in [5, 5.41) is -0.0702. The Balaban J connectivity index is 1.53. The van der Waals surface area contributed by atoms with Crippen LogP contribution in [-0.4, -0.2) is 44.7 Å². The summed E-state index contributed by atoms with van der Waals surface area (Å²) >= 11 is 0. The fourth-order valence-corrected chi connectivity index (χ4v) is 4.64. The molecular formula is C23H23N3O6S. The van der Waals surface area contributed by atoms with E-state index in [0.29, 0.717) is 45.3 Å². The SMILES string of the molecule is COc1cc(CS(=O)(=O)c2nc3ccccc3[nH]2)ccc1OCc1nccc(OC)c1OC. The number of fused-ring (bicyclic) bond motifs is 1. The van der Waals surface area contributed by atoms with Crippen molar-refractivity contribution in [3.05, 3.63) is 66.0 Å². The summed E-state index contributed by atoms with van der Waals surface area (Å²) in [6.07, 6.45) is 1.60. The number of hydrogen-bond acceptors (Lipinski definition) is 8. The third-order valence-corrected chi connectivity index (χ3v) is 6.47. The number of benzene rings is 2. The number of sulfone groups is 1. The average molecular weight is 470 g/mol. The lowest BCUT2D eigenvalue weighted by Gasteiger charge is -2.14. The molecule has 2 aromatic heterocycles. The Morgan fingerprint density at radius 1 is 0.909 bits per heavy atom. The highest BCUT2D eigenvalue weighted by Gasteiger charge is 2.21. The lowest BCUT2D eigenvalue weighted by atomic mass is 10.2. The number of nitrogens with zero attached hydrogens (tertiary/aromatic N) is 2. The molecule has 0 radical (unpaired) electrons. The largest absolute Gasteiger partial charge is 0.493 e. The van der Waals surface area contributed by atoms with E-state index in [4.69, 9.17) is 18.9 Å². The number of hydrogen-bond donors (Lipinski definition) is 1. The van der Waals surface area contributed by atoms with Gasteiger partial charge in [0.15, 0.2) is 23.0 Å². The summed E-state index contributed by atoms with van der Waals surface area (Å²) in [7, 11) is 0.876. The van der Waals surface area contributed by atoms with Crippen molar-refractivity contribution in [1.29, 1.82) is 0 Å². The van der Waals surface area contributed by atoms with Crippen LogP contribution in [0.2, 0.25) is 0 Å². The van der Waals surface area contributed by atoms with Crippen LogP contribution in [-0.2, 0) is 22.2 Å². The molecule has 0 aliphatic carbocycles. The van der Waals surface area contributed by atoms with Gasteiger partial charge in [0.2, 0.25) is 15.0 Å². The molecule has 0 unspecified atom stereocenters. The first-order chi connectivity index (χ1) is 15.9. The first-order valence-corrected chi connectivity index (χ1v) is 11.6. The standard InChI is InChI=1S/C23H23N3O6S/c1-29-20-10-11-24-18(22(20)31-3)13-32-19-9-8-15(12-21(19)30-2)14-33(27,28)23-25-16-6-4-5-7-17(16)26-23/h4-12H,13-14H2,1-3H3,(H,25,26). The maximum Gasteiger partial charge on any atom is 0.226 e. The molecule has 0 saturated carbocycles. The zero-order valence-electron chi connectivity index (χ0n) is 18.4. The van der Waals surface area contributed by atoms with Gasteiger partial charge < -0.3 is 23.9 Å². The van der Waals surface area contributed by atoms with Crippen LogP contribution in [0.15, 0.2) is 59.9 Å². The smallest absolute Gasteiger partial charge is 0.226 e. The van der Waals surface area contributed by atoms with Crippen molar-refractivity contribution in [3.63, 3.8) is 0 Å². The Kier molecular flexibility index (Phi) is 6.36. The van der Waals surface area contributed by atoms with Gasteiger partial charge in [-0.1, -0.05) is 18.2 Å². The minimum absolute atomic E-state index is 0.0702. The number of nitrogens with one attached hydrogen (secondary N) is 1. The van der Waals surface area contributed by atoms with Crippen molar-refractivity contribution < 1.29 is 27.4 Å². The molecule has 0 spiro atoms. The topological polar surface area (TPSA) is 113 Å². The van der Waals surface area contributed by atoms with Crippen LogP contribution in [0.3, 0.4) is 0 Å². The molecule has 33 heavy (non-hydrogen) atoms. The van der Waals surface area contributed by atoms with Gasteiger partial charge in [-0.25, -0.2) is 13.4 Å². The van der Waals surface area contributed by atoms with Crippen LogP contribution in [0.1, 0.15) is 11.3 Å². The van der Waals surface area contributed by atoms with E-state index in [2.05, 4.69) is 15.0 Å². The molecule has 2 aromatic carbocycles. The van der Waals surface area contributed by atoms with E-state index in [0.717, 1.165) is 0 Å². The predicted octanol–water partition coefficient (Wildman–Crippen LogP) is 3.54. The number of methoxy groups -OCH3 is 3. The van der Waals surface area contributed by atoms with Crippen LogP contribution >= 0.6 is 0 Å². The number of para-hydroxylation sites is 2. The molecule has 9 nitrogen and oxygen atoms in total. The van der Waals surface area contributed by atoms with Crippen molar-refractivity contribution >= 4 is 20.9 Å². The minimum atomic E-state index is -3.69. The molecule has 2 heterocycles. The highest BCUT2D eigenvalue weighted by atomic mass is 32.2. The molecule has 0 fully saturated rings. The molecule has 4 rings (SSSR count). The van der Waals surface area contributed by atoms with E-state index in [1.54, 1.807) is 55.8 Å². The van der Waals surface area contributed by atoms with E-state index < -0.39 is 9.84 Å². The molecule has 0 amide bonds. The number of ether oxygens (including phenoxy) is 4. The Labute approximate surface area is 191 Å². The minimum Gasteiger partial charge on any atom is -0.493 e. The normalized spacial score (nSPS) is 11.4. The Hall–Kier alpha value is -3.79.